The van der Waals surface area contributed by atoms with Crippen LogP contribution in [0.4, 0.5) is 0 Å². The van der Waals surface area contributed by atoms with Gasteiger partial charge in [0.25, 0.3) is 11.7 Å². The van der Waals surface area contributed by atoms with E-state index in [0.29, 0.717) is 36.8 Å². The van der Waals surface area contributed by atoms with E-state index in [1.165, 1.54) is 0 Å². The molecule has 8 heteroatoms. The average Bonchev–Trinajstić information content (AvgIpc) is 3.35. The Balaban J connectivity index is 1.54. The van der Waals surface area contributed by atoms with Crippen LogP contribution in [-0.4, -0.2) is 75.4 Å². The number of carbonyl (C=O) groups excluding carboxylic acids is 2. The molecule has 2 aromatic heterocycles. The first-order chi connectivity index (χ1) is 17.4. The molecule has 2 aliphatic rings. The molecule has 1 atom stereocenters. The molecule has 8 nitrogen and oxygen atoms in total. The minimum atomic E-state index is -0.669. The van der Waals surface area contributed by atoms with Gasteiger partial charge in [0.2, 0.25) is 0 Å². The molecule has 0 aliphatic carbocycles. The molecule has 0 radical (unpaired) electrons. The minimum Gasteiger partial charge on any atom is -0.505 e. The summed E-state index contributed by atoms with van der Waals surface area (Å²) in [6, 6.07) is 11.0. The molecule has 0 bridgehead atoms. The molecule has 188 valence electrons. The van der Waals surface area contributed by atoms with Crippen LogP contribution in [0.2, 0.25) is 0 Å². The number of pyridine rings is 1. The van der Waals surface area contributed by atoms with E-state index in [4.69, 9.17) is 4.74 Å². The summed E-state index contributed by atoms with van der Waals surface area (Å²) in [4.78, 5) is 35.2. The summed E-state index contributed by atoms with van der Waals surface area (Å²) in [5.41, 5.74) is 4.68. The molecule has 36 heavy (non-hydrogen) atoms. The van der Waals surface area contributed by atoms with Crippen LogP contribution in [0.25, 0.3) is 11.4 Å². The van der Waals surface area contributed by atoms with Gasteiger partial charge in [-0.15, -0.1) is 0 Å². The van der Waals surface area contributed by atoms with Crippen molar-refractivity contribution in [3.63, 3.8) is 0 Å². The van der Waals surface area contributed by atoms with Crippen molar-refractivity contribution in [1.82, 2.24) is 19.2 Å². The van der Waals surface area contributed by atoms with Crippen molar-refractivity contribution in [2.24, 2.45) is 0 Å². The molecule has 4 heterocycles. The predicted molar refractivity (Wildman–Crippen MR) is 137 cm³/mol. The molecule has 0 spiro atoms. The van der Waals surface area contributed by atoms with Crippen LogP contribution >= 0.6 is 0 Å². The van der Waals surface area contributed by atoms with Gasteiger partial charge in [-0.05, 0) is 44.4 Å². The van der Waals surface area contributed by atoms with E-state index in [-0.39, 0.29) is 11.3 Å². The number of amides is 1. The quantitative estimate of drug-likeness (QED) is 0.325. The monoisotopic (exact) mass is 488 g/mol. The summed E-state index contributed by atoms with van der Waals surface area (Å²) in [6.07, 6.45) is 2.60. The van der Waals surface area contributed by atoms with Gasteiger partial charge in [0.15, 0.2) is 5.76 Å². The van der Waals surface area contributed by atoms with Gasteiger partial charge in [-0.2, -0.15) is 0 Å². The third-order valence-electron chi connectivity index (χ3n) is 7.22. The Morgan fingerprint density at radius 2 is 1.78 bits per heavy atom. The first kappa shape index (κ1) is 24.2. The highest BCUT2D eigenvalue weighted by atomic mass is 16.5. The number of aromatic nitrogens is 2. The maximum atomic E-state index is 13.4. The van der Waals surface area contributed by atoms with Crippen LogP contribution in [0, 0.1) is 20.8 Å². The van der Waals surface area contributed by atoms with Gasteiger partial charge in [-0.1, -0.05) is 35.9 Å². The number of carbonyl (C=O) groups is 2. The molecule has 3 aromatic rings. The summed E-state index contributed by atoms with van der Waals surface area (Å²) in [5.74, 6) is -1.48. The second kappa shape index (κ2) is 9.87. The summed E-state index contributed by atoms with van der Waals surface area (Å²) in [5, 5.41) is 11.5. The van der Waals surface area contributed by atoms with E-state index in [1.807, 2.05) is 67.8 Å². The van der Waals surface area contributed by atoms with Crippen LogP contribution in [-0.2, 0) is 14.3 Å². The van der Waals surface area contributed by atoms with Crippen molar-refractivity contribution in [3.8, 4) is 0 Å². The van der Waals surface area contributed by atoms with E-state index in [9.17, 15) is 14.7 Å². The van der Waals surface area contributed by atoms with Crippen molar-refractivity contribution in [3.05, 3.63) is 76.2 Å². The number of Topliss-reactive ketones (excluding diaryl/α,β-unsaturated/α-hetero) is 1. The smallest absolute Gasteiger partial charge is 0.295 e. The zero-order chi connectivity index (χ0) is 25.4. The number of morpholine rings is 1. The lowest BCUT2D eigenvalue weighted by Gasteiger charge is -2.29. The van der Waals surface area contributed by atoms with Crippen LogP contribution < -0.4 is 0 Å². The second-order valence-electron chi connectivity index (χ2n) is 9.64. The van der Waals surface area contributed by atoms with Crippen molar-refractivity contribution < 1.29 is 19.4 Å². The summed E-state index contributed by atoms with van der Waals surface area (Å²) < 4.78 is 7.32. The minimum absolute atomic E-state index is 0.0967. The summed E-state index contributed by atoms with van der Waals surface area (Å²) in [7, 11) is 0. The molecular formula is C28H32N4O4. The number of nitrogens with zero attached hydrogens (tertiary/aromatic N) is 4. The molecule has 2 aliphatic heterocycles. The number of aliphatic hydroxyl groups excluding tert-OH is 1. The fourth-order valence-electron chi connectivity index (χ4n) is 5.17. The number of hydrogen-bond donors (Lipinski definition) is 1. The van der Waals surface area contributed by atoms with E-state index < -0.39 is 17.7 Å². The van der Waals surface area contributed by atoms with Crippen molar-refractivity contribution in [2.45, 2.75) is 33.2 Å². The first-order valence-corrected chi connectivity index (χ1v) is 12.5. The number of imidazole rings is 1. The molecular weight excluding hydrogens is 456 g/mol. The van der Waals surface area contributed by atoms with Gasteiger partial charge in [0, 0.05) is 32.4 Å². The summed E-state index contributed by atoms with van der Waals surface area (Å²) in [6.45, 7) is 10.2. The van der Waals surface area contributed by atoms with Crippen LogP contribution in [0.15, 0.2) is 48.2 Å². The zero-order valence-corrected chi connectivity index (χ0v) is 21.0. The number of ether oxygens (including phenoxy) is 1. The molecule has 1 aromatic carbocycles. The molecule has 0 saturated carbocycles. The fraction of sp³-hybridized carbons (Fsp3) is 0.393. The zero-order valence-electron chi connectivity index (χ0n) is 21.0. The van der Waals surface area contributed by atoms with Gasteiger partial charge in [-0.25, -0.2) is 4.98 Å². The first-order valence-electron chi connectivity index (χ1n) is 12.5. The van der Waals surface area contributed by atoms with Crippen LogP contribution in [0.3, 0.4) is 0 Å². The Hall–Kier alpha value is -3.49. The Bertz CT molecular complexity index is 1340. The van der Waals surface area contributed by atoms with Gasteiger partial charge in [-0.3, -0.25) is 14.5 Å². The Kier molecular flexibility index (Phi) is 6.64. The standard InChI is InChI=1S/C28H32N4O4/c1-18-7-9-21(10-8-18)24-22(25(33)23-20(3)31-12-4-6-19(2)27(31)29-23)26(34)28(35)32(24)13-5-11-30-14-16-36-17-15-30/h4,6-10,12,24,33H,5,11,13-17H2,1-3H3/b25-22+. The number of likely N-dealkylation sites (tertiary alicyclic amines) is 1. The van der Waals surface area contributed by atoms with Crippen LogP contribution in [0.1, 0.15) is 40.5 Å². The predicted octanol–water partition coefficient (Wildman–Crippen LogP) is 3.40. The third kappa shape index (κ3) is 4.31. The van der Waals surface area contributed by atoms with Gasteiger partial charge < -0.3 is 19.1 Å². The van der Waals surface area contributed by atoms with E-state index in [0.717, 1.165) is 42.7 Å². The number of hydrogen-bond acceptors (Lipinski definition) is 6. The lowest BCUT2D eigenvalue weighted by atomic mass is 9.95. The number of benzene rings is 1. The molecule has 2 saturated heterocycles. The molecule has 1 unspecified atom stereocenters. The van der Waals surface area contributed by atoms with Crippen molar-refractivity contribution >= 4 is 23.1 Å². The number of aliphatic hydroxyl groups is 1. The summed E-state index contributed by atoms with van der Waals surface area (Å²) >= 11 is 0. The highest BCUT2D eigenvalue weighted by Gasteiger charge is 2.46. The number of fused-ring (bicyclic) bond motifs is 1. The molecule has 1 N–H and O–H groups in total. The topological polar surface area (TPSA) is 87.4 Å². The van der Waals surface area contributed by atoms with Crippen molar-refractivity contribution in [2.75, 3.05) is 39.4 Å². The largest absolute Gasteiger partial charge is 0.505 e. The average molecular weight is 489 g/mol. The van der Waals surface area contributed by atoms with E-state index in [2.05, 4.69) is 9.88 Å². The lowest BCUT2D eigenvalue weighted by molar-refractivity contribution is -0.140. The van der Waals surface area contributed by atoms with E-state index >= 15 is 0 Å². The van der Waals surface area contributed by atoms with Crippen LogP contribution in [0.5, 0.6) is 0 Å². The Morgan fingerprint density at radius 1 is 1.06 bits per heavy atom. The normalized spacial score (nSPS) is 20.5. The Morgan fingerprint density at radius 3 is 2.47 bits per heavy atom. The fourth-order valence-corrected chi connectivity index (χ4v) is 5.17. The van der Waals surface area contributed by atoms with Gasteiger partial charge in [0.1, 0.15) is 11.3 Å². The SMILES string of the molecule is Cc1ccc(C2/C(=C(\O)c3nc4c(C)cccn4c3C)C(=O)C(=O)N2CCCN2CCOCC2)cc1. The second-order valence-corrected chi connectivity index (χ2v) is 9.64. The highest BCUT2D eigenvalue weighted by molar-refractivity contribution is 6.46. The van der Waals surface area contributed by atoms with Gasteiger partial charge in [0.05, 0.1) is 30.5 Å². The molecule has 1 amide bonds. The van der Waals surface area contributed by atoms with Gasteiger partial charge >= 0.3 is 0 Å². The highest BCUT2D eigenvalue weighted by Crippen LogP contribution is 2.40. The van der Waals surface area contributed by atoms with E-state index in [1.54, 1.807) is 4.90 Å². The maximum absolute atomic E-state index is 13.4. The third-order valence-corrected chi connectivity index (χ3v) is 7.22. The van der Waals surface area contributed by atoms with Crippen molar-refractivity contribution in [1.29, 1.82) is 0 Å². The number of rotatable bonds is 6. The molecule has 2 fully saturated rings. The number of aryl methyl sites for hydroxylation is 3. The molecule has 5 rings (SSSR count). The maximum Gasteiger partial charge on any atom is 0.295 e. The Labute approximate surface area is 210 Å². The lowest BCUT2D eigenvalue weighted by Crippen LogP contribution is -2.38. The number of ketones is 1.